The minimum absolute atomic E-state index is 0.197. The molecule has 1 N–H and O–H groups in total. The molecule has 0 aliphatic heterocycles. The third-order valence-corrected chi connectivity index (χ3v) is 3.00. The Hall–Kier alpha value is -2.88. The summed E-state index contributed by atoms with van der Waals surface area (Å²) >= 11 is 0. The van der Waals surface area contributed by atoms with Crippen molar-refractivity contribution < 1.29 is 14.4 Å². The lowest BCUT2D eigenvalue weighted by Crippen LogP contribution is -1.98. The van der Waals surface area contributed by atoms with Gasteiger partial charge in [-0.3, -0.25) is 0 Å². The van der Waals surface area contributed by atoms with Crippen LogP contribution < -0.4 is 0 Å². The molecule has 3 rings (SSSR count). The van der Waals surface area contributed by atoms with Crippen LogP contribution in [0, 0.1) is 0 Å². The van der Waals surface area contributed by atoms with Crippen molar-refractivity contribution in [3.8, 4) is 22.6 Å². The van der Waals surface area contributed by atoms with Crippen molar-refractivity contribution in [2.75, 3.05) is 0 Å². The molecule has 0 aliphatic rings. The average molecular weight is 265 g/mol. The molecule has 0 saturated carbocycles. The molecular weight excluding hydrogens is 254 g/mol. The number of hydrogen-bond acceptors (Lipinski definition) is 3. The molecule has 0 bridgehead atoms. The lowest BCUT2D eigenvalue weighted by Gasteiger charge is -2.00. The van der Waals surface area contributed by atoms with Gasteiger partial charge in [-0.1, -0.05) is 53.7 Å². The highest BCUT2D eigenvalue weighted by Gasteiger charge is 2.15. The van der Waals surface area contributed by atoms with Crippen LogP contribution >= 0.6 is 0 Å². The van der Waals surface area contributed by atoms with Gasteiger partial charge in [0.15, 0.2) is 5.76 Å². The van der Waals surface area contributed by atoms with E-state index >= 15 is 0 Å². The molecule has 1 heterocycles. The molecule has 0 fully saturated rings. The summed E-state index contributed by atoms with van der Waals surface area (Å²) in [7, 11) is 0. The molecule has 0 saturated heterocycles. The Morgan fingerprint density at radius 1 is 1.00 bits per heavy atom. The summed E-state index contributed by atoms with van der Waals surface area (Å²) in [5.74, 6) is -0.542. The molecule has 3 aromatic rings. The van der Waals surface area contributed by atoms with Crippen molar-refractivity contribution >= 4 is 5.97 Å². The third kappa shape index (κ3) is 2.19. The van der Waals surface area contributed by atoms with Gasteiger partial charge in [0.25, 0.3) is 0 Å². The van der Waals surface area contributed by atoms with Crippen LogP contribution in [0.15, 0.2) is 65.2 Å². The molecule has 0 atom stereocenters. The zero-order valence-electron chi connectivity index (χ0n) is 10.5. The highest BCUT2D eigenvalue weighted by molar-refractivity contribution is 5.95. The van der Waals surface area contributed by atoms with Crippen LogP contribution in [0.4, 0.5) is 0 Å². The van der Waals surface area contributed by atoms with Crippen molar-refractivity contribution in [2.45, 2.75) is 0 Å². The van der Waals surface area contributed by atoms with Gasteiger partial charge in [0.2, 0.25) is 0 Å². The molecule has 98 valence electrons. The molecule has 1 aromatic heterocycles. The highest BCUT2D eigenvalue weighted by atomic mass is 16.5. The first-order chi connectivity index (χ1) is 9.75. The van der Waals surface area contributed by atoms with Gasteiger partial charge in [0, 0.05) is 17.2 Å². The molecule has 0 unspecified atom stereocenters. The van der Waals surface area contributed by atoms with E-state index < -0.39 is 5.97 Å². The Bertz CT molecular complexity index is 747. The Labute approximate surface area is 115 Å². The normalized spacial score (nSPS) is 10.4. The maximum absolute atomic E-state index is 11.2. The summed E-state index contributed by atoms with van der Waals surface area (Å²) in [6.07, 6.45) is 0. The molecule has 4 heteroatoms. The Balaban J connectivity index is 2.05. The lowest BCUT2D eigenvalue weighted by atomic mass is 10.0. The first-order valence-electron chi connectivity index (χ1n) is 6.10. The van der Waals surface area contributed by atoms with E-state index in [1.807, 2.05) is 30.3 Å². The zero-order chi connectivity index (χ0) is 13.9. The summed E-state index contributed by atoms with van der Waals surface area (Å²) in [5.41, 5.74) is 2.33. The van der Waals surface area contributed by atoms with Crippen LogP contribution in [-0.2, 0) is 0 Å². The van der Waals surface area contributed by atoms with E-state index in [1.165, 1.54) is 0 Å². The summed E-state index contributed by atoms with van der Waals surface area (Å²) in [5, 5.41) is 13.2. The smallest absolute Gasteiger partial charge is 0.336 e. The molecule has 0 radical (unpaired) electrons. The fraction of sp³-hybridized carbons (Fsp3) is 0. The number of carboxylic acids is 1. The number of rotatable bonds is 3. The van der Waals surface area contributed by atoms with Crippen LogP contribution in [0.3, 0.4) is 0 Å². The maximum Gasteiger partial charge on any atom is 0.336 e. The number of nitrogens with zero attached hydrogens (tertiary/aromatic N) is 1. The maximum atomic E-state index is 11.2. The minimum atomic E-state index is -0.988. The zero-order valence-corrected chi connectivity index (χ0v) is 10.5. The van der Waals surface area contributed by atoms with E-state index in [9.17, 15) is 9.90 Å². The molecule has 0 spiro atoms. The average Bonchev–Trinajstić information content (AvgIpc) is 2.98. The second-order valence-electron chi connectivity index (χ2n) is 4.29. The minimum Gasteiger partial charge on any atom is -0.478 e. The highest BCUT2D eigenvalue weighted by Crippen LogP contribution is 2.28. The predicted octanol–water partition coefficient (Wildman–Crippen LogP) is 3.71. The van der Waals surface area contributed by atoms with E-state index in [0.29, 0.717) is 17.0 Å². The SMILES string of the molecule is O=C(O)c1ccccc1-c1cc(-c2ccccc2)no1. The van der Waals surface area contributed by atoms with E-state index in [0.717, 1.165) is 5.56 Å². The van der Waals surface area contributed by atoms with E-state index in [4.69, 9.17) is 4.52 Å². The van der Waals surface area contributed by atoms with Gasteiger partial charge in [0.05, 0.1) is 5.56 Å². The second kappa shape index (κ2) is 5.01. The standard InChI is InChI=1S/C16H11NO3/c18-16(19)13-9-5-4-8-12(13)15-10-14(17-20-15)11-6-2-1-3-7-11/h1-10H,(H,18,19). The van der Waals surface area contributed by atoms with Gasteiger partial charge >= 0.3 is 5.97 Å². The van der Waals surface area contributed by atoms with Crippen LogP contribution in [0.2, 0.25) is 0 Å². The monoisotopic (exact) mass is 265 g/mol. The van der Waals surface area contributed by atoms with Crippen LogP contribution in [-0.4, -0.2) is 16.2 Å². The predicted molar refractivity (Wildman–Crippen MR) is 74.3 cm³/mol. The fourth-order valence-corrected chi connectivity index (χ4v) is 2.03. The summed E-state index contributed by atoms with van der Waals surface area (Å²) in [6.45, 7) is 0. The number of benzene rings is 2. The quantitative estimate of drug-likeness (QED) is 0.784. The summed E-state index contributed by atoms with van der Waals surface area (Å²) < 4.78 is 5.28. The van der Waals surface area contributed by atoms with E-state index in [2.05, 4.69) is 5.16 Å². The Morgan fingerprint density at radius 2 is 1.70 bits per heavy atom. The van der Waals surface area contributed by atoms with Crippen molar-refractivity contribution in [1.29, 1.82) is 0 Å². The number of aromatic carboxylic acids is 1. The number of aromatic nitrogens is 1. The molecule has 20 heavy (non-hydrogen) atoms. The topological polar surface area (TPSA) is 63.3 Å². The van der Waals surface area contributed by atoms with Crippen molar-refractivity contribution in [3.05, 3.63) is 66.2 Å². The van der Waals surface area contributed by atoms with Crippen LogP contribution in [0.25, 0.3) is 22.6 Å². The largest absolute Gasteiger partial charge is 0.478 e. The number of hydrogen-bond donors (Lipinski definition) is 1. The van der Waals surface area contributed by atoms with Crippen molar-refractivity contribution in [3.63, 3.8) is 0 Å². The van der Waals surface area contributed by atoms with Gasteiger partial charge in [0.1, 0.15) is 5.69 Å². The van der Waals surface area contributed by atoms with Gasteiger partial charge < -0.3 is 9.63 Å². The summed E-state index contributed by atoms with van der Waals surface area (Å²) in [4.78, 5) is 11.2. The van der Waals surface area contributed by atoms with Crippen molar-refractivity contribution in [1.82, 2.24) is 5.16 Å². The Morgan fingerprint density at radius 3 is 2.45 bits per heavy atom. The van der Waals surface area contributed by atoms with Crippen molar-refractivity contribution in [2.24, 2.45) is 0 Å². The van der Waals surface area contributed by atoms with Crippen LogP contribution in [0.5, 0.6) is 0 Å². The first kappa shape index (κ1) is 12.2. The molecule has 4 nitrogen and oxygen atoms in total. The fourth-order valence-electron chi connectivity index (χ4n) is 2.03. The summed E-state index contributed by atoms with van der Waals surface area (Å²) in [6, 6.07) is 18.0. The first-order valence-corrected chi connectivity index (χ1v) is 6.10. The molecule has 2 aromatic carbocycles. The van der Waals surface area contributed by atoms with Gasteiger partial charge in [-0.2, -0.15) is 0 Å². The second-order valence-corrected chi connectivity index (χ2v) is 4.29. The van der Waals surface area contributed by atoms with Gasteiger partial charge in [-0.25, -0.2) is 4.79 Å². The number of carboxylic acid groups (broad SMARTS) is 1. The molecular formula is C16H11NO3. The van der Waals surface area contributed by atoms with Gasteiger partial charge in [-0.05, 0) is 6.07 Å². The van der Waals surface area contributed by atoms with E-state index in [1.54, 1.807) is 30.3 Å². The Kier molecular flexibility index (Phi) is 3.05. The van der Waals surface area contributed by atoms with Gasteiger partial charge in [-0.15, -0.1) is 0 Å². The molecule has 0 aliphatic carbocycles. The number of carbonyl (C=O) groups is 1. The lowest BCUT2D eigenvalue weighted by molar-refractivity contribution is 0.0697. The third-order valence-electron chi connectivity index (χ3n) is 3.00. The molecule has 0 amide bonds. The van der Waals surface area contributed by atoms with Crippen LogP contribution in [0.1, 0.15) is 10.4 Å². The van der Waals surface area contributed by atoms with E-state index in [-0.39, 0.29) is 5.56 Å².